The predicted octanol–water partition coefficient (Wildman–Crippen LogP) is 0.246. The smallest absolute Gasteiger partial charge is 0.330 e. The molecule has 2 aromatic rings. The molecule has 9 heteroatoms. The van der Waals surface area contributed by atoms with E-state index < -0.39 is 4.92 Å². The third kappa shape index (κ3) is 2.17. The zero-order valence-electron chi connectivity index (χ0n) is 9.04. The highest BCUT2D eigenvalue weighted by molar-refractivity contribution is 5.55. The molecule has 0 saturated carbocycles. The molecular formula is C8H11N7O2. The maximum Gasteiger partial charge on any atom is 0.330 e. The largest absolute Gasteiger partial charge is 0.384 e. The van der Waals surface area contributed by atoms with Gasteiger partial charge in [0.05, 0.1) is 11.1 Å². The van der Waals surface area contributed by atoms with E-state index in [2.05, 4.69) is 20.6 Å². The summed E-state index contributed by atoms with van der Waals surface area (Å²) in [5.74, 6) is 0.634. The van der Waals surface area contributed by atoms with Crippen molar-refractivity contribution in [3.8, 4) is 0 Å². The van der Waals surface area contributed by atoms with Crippen molar-refractivity contribution in [1.29, 1.82) is 0 Å². The molecule has 2 rings (SSSR count). The number of nitrogens with zero attached hydrogens (tertiary/aromatic N) is 4. The Morgan fingerprint density at radius 2 is 2.47 bits per heavy atom. The Kier molecular flexibility index (Phi) is 2.65. The Balaban J connectivity index is 2.14. The number of aromatic amines is 1. The molecule has 0 aromatic carbocycles. The highest BCUT2D eigenvalue weighted by atomic mass is 16.6. The van der Waals surface area contributed by atoms with Crippen molar-refractivity contribution in [2.24, 2.45) is 7.05 Å². The summed E-state index contributed by atoms with van der Waals surface area (Å²) in [6, 6.07) is 0. The van der Waals surface area contributed by atoms with Crippen molar-refractivity contribution < 1.29 is 4.92 Å². The fraction of sp³-hybridized carbons (Fsp3) is 0.250. The van der Waals surface area contributed by atoms with Gasteiger partial charge in [-0.25, -0.2) is 0 Å². The minimum atomic E-state index is -0.492. The molecule has 90 valence electrons. The Morgan fingerprint density at radius 3 is 3.06 bits per heavy atom. The van der Waals surface area contributed by atoms with Crippen LogP contribution in [0.25, 0.3) is 0 Å². The van der Waals surface area contributed by atoms with Crippen molar-refractivity contribution >= 4 is 17.3 Å². The summed E-state index contributed by atoms with van der Waals surface area (Å²) in [4.78, 5) is 10.2. The van der Waals surface area contributed by atoms with E-state index in [1.807, 2.05) is 0 Å². The molecule has 0 amide bonds. The molecule has 4 N–H and O–H groups in total. The number of nitrogens with one attached hydrogen (secondary N) is 2. The standard InChI is InChI=1S/C8H11N7O2/c1-14-4-6(15(16)17)8(13-14)10-2-5-3-11-12-7(5)9/h3-4H,2H2,1H3,(H,10,13)(H3,9,11,12). The summed E-state index contributed by atoms with van der Waals surface area (Å²) >= 11 is 0. The van der Waals surface area contributed by atoms with Crippen molar-refractivity contribution in [2.45, 2.75) is 6.54 Å². The van der Waals surface area contributed by atoms with Crippen LogP contribution in [0.2, 0.25) is 0 Å². The Hall–Kier alpha value is -2.58. The first-order chi connectivity index (χ1) is 8.08. The maximum atomic E-state index is 10.7. The second-order valence-electron chi connectivity index (χ2n) is 3.46. The number of hydrogen-bond acceptors (Lipinski definition) is 6. The molecule has 9 nitrogen and oxygen atoms in total. The van der Waals surface area contributed by atoms with E-state index in [1.165, 1.54) is 10.9 Å². The van der Waals surface area contributed by atoms with Crippen LogP contribution in [0.1, 0.15) is 5.56 Å². The number of anilines is 2. The quantitative estimate of drug-likeness (QED) is 0.516. The van der Waals surface area contributed by atoms with E-state index >= 15 is 0 Å². The first kappa shape index (κ1) is 10.9. The van der Waals surface area contributed by atoms with E-state index in [0.29, 0.717) is 12.4 Å². The number of hydrogen-bond donors (Lipinski definition) is 3. The van der Waals surface area contributed by atoms with Crippen LogP contribution in [-0.2, 0) is 13.6 Å². The van der Waals surface area contributed by atoms with Gasteiger partial charge in [-0.05, 0) is 0 Å². The van der Waals surface area contributed by atoms with Gasteiger partial charge < -0.3 is 11.1 Å². The monoisotopic (exact) mass is 237 g/mol. The molecule has 0 aliphatic carbocycles. The Labute approximate surface area is 95.8 Å². The molecular weight excluding hydrogens is 226 g/mol. The summed E-state index contributed by atoms with van der Waals surface area (Å²) in [5, 5.41) is 23.9. The lowest BCUT2D eigenvalue weighted by Gasteiger charge is -2.00. The highest BCUT2D eigenvalue weighted by Gasteiger charge is 2.18. The third-order valence-corrected chi connectivity index (χ3v) is 2.20. The molecule has 17 heavy (non-hydrogen) atoms. The minimum Gasteiger partial charge on any atom is -0.384 e. The number of nitrogens with two attached hydrogens (primary N) is 1. The SMILES string of the molecule is Cn1cc([N+](=O)[O-])c(NCc2cn[nH]c2N)n1. The predicted molar refractivity (Wildman–Crippen MR) is 60.2 cm³/mol. The lowest BCUT2D eigenvalue weighted by molar-refractivity contribution is -0.384. The van der Waals surface area contributed by atoms with Gasteiger partial charge in [0.25, 0.3) is 0 Å². The van der Waals surface area contributed by atoms with E-state index in [9.17, 15) is 10.1 Å². The number of rotatable bonds is 4. The van der Waals surface area contributed by atoms with Crippen molar-refractivity contribution in [3.05, 3.63) is 28.1 Å². The lowest BCUT2D eigenvalue weighted by atomic mass is 10.3. The van der Waals surface area contributed by atoms with E-state index in [-0.39, 0.29) is 11.5 Å². The van der Waals surface area contributed by atoms with Gasteiger partial charge in [0.1, 0.15) is 12.0 Å². The molecule has 0 fully saturated rings. The Bertz CT molecular complexity index is 544. The van der Waals surface area contributed by atoms with Crippen molar-refractivity contribution in [1.82, 2.24) is 20.0 Å². The normalized spacial score (nSPS) is 10.4. The fourth-order valence-corrected chi connectivity index (χ4v) is 1.38. The summed E-state index contributed by atoms with van der Waals surface area (Å²) in [7, 11) is 1.62. The van der Waals surface area contributed by atoms with Crippen LogP contribution < -0.4 is 11.1 Å². The van der Waals surface area contributed by atoms with Gasteiger partial charge in [0.15, 0.2) is 0 Å². The number of nitrogen functional groups attached to an aromatic ring is 1. The van der Waals surface area contributed by atoms with Gasteiger partial charge in [-0.15, -0.1) is 5.10 Å². The van der Waals surface area contributed by atoms with Crippen LogP contribution in [0.5, 0.6) is 0 Å². The summed E-state index contributed by atoms with van der Waals surface area (Å²) in [5.41, 5.74) is 6.24. The fourth-order valence-electron chi connectivity index (χ4n) is 1.38. The average Bonchev–Trinajstić information content (AvgIpc) is 2.82. The van der Waals surface area contributed by atoms with Gasteiger partial charge in [0.2, 0.25) is 5.82 Å². The minimum absolute atomic E-state index is 0.0745. The molecule has 2 aromatic heterocycles. The highest BCUT2D eigenvalue weighted by Crippen LogP contribution is 2.22. The molecule has 0 spiro atoms. The number of nitro groups is 1. The topological polar surface area (TPSA) is 128 Å². The third-order valence-electron chi connectivity index (χ3n) is 2.20. The van der Waals surface area contributed by atoms with Crippen molar-refractivity contribution in [3.63, 3.8) is 0 Å². The lowest BCUT2D eigenvalue weighted by Crippen LogP contribution is -2.04. The maximum absolute atomic E-state index is 10.7. The van der Waals surface area contributed by atoms with Gasteiger partial charge in [-0.2, -0.15) is 5.10 Å². The summed E-state index contributed by atoms with van der Waals surface area (Å²) in [6.07, 6.45) is 2.89. The van der Waals surface area contributed by atoms with Crippen LogP contribution in [0.15, 0.2) is 12.4 Å². The van der Waals surface area contributed by atoms with Gasteiger partial charge in [0, 0.05) is 19.2 Å². The number of aromatic nitrogens is 4. The van der Waals surface area contributed by atoms with Crippen LogP contribution >= 0.6 is 0 Å². The van der Waals surface area contributed by atoms with Gasteiger partial charge in [-0.3, -0.25) is 19.9 Å². The van der Waals surface area contributed by atoms with Crippen LogP contribution in [0.3, 0.4) is 0 Å². The van der Waals surface area contributed by atoms with Gasteiger partial charge >= 0.3 is 5.69 Å². The molecule has 0 atom stereocenters. The summed E-state index contributed by atoms with van der Waals surface area (Å²) < 4.78 is 1.37. The molecule has 0 unspecified atom stereocenters. The van der Waals surface area contributed by atoms with Gasteiger partial charge in [-0.1, -0.05) is 0 Å². The first-order valence-electron chi connectivity index (χ1n) is 4.77. The van der Waals surface area contributed by atoms with Crippen molar-refractivity contribution in [2.75, 3.05) is 11.1 Å². The van der Waals surface area contributed by atoms with E-state index in [0.717, 1.165) is 5.56 Å². The molecule has 0 aliphatic rings. The first-order valence-corrected chi connectivity index (χ1v) is 4.77. The van der Waals surface area contributed by atoms with Crippen LogP contribution in [0.4, 0.5) is 17.3 Å². The molecule has 0 radical (unpaired) electrons. The Morgan fingerprint density at radius 1 is 1.71 bits per heavy atom. The van der Waals surface area contributed by atoms with E-state index in [1.54, 1.807) is 13.2 Å². The molecule has 0 saturated heterocycles. The number of H-pyrrole nitrogens is 1. The second kappa shape index (κ2) is 4.12. The summed E-state index contributed by atoms with van der Waals surface area (Å²) in [6.45, 7) is 0.320. The molecule has 0 bridgehead atoms. The van der Waals surface area contributed by atoms with Crippen LogP contribution in [-0.4, -0.2) is 24.9 Å². The molecule has 0 aliphatic heterocycles. The zero-order valence-corrected chi connectivity index (χ0v) is 9.04. The van der Waals surface area contributed by atoms with Crippen LogP contribution in [0, 0.1) is 10.1 Å². The van der Waals surface area contributed by atoms with E-state index in [4.69, 9.17) is 5.73 Å². The second-order valence-corrected chi connectivity index (χ2v) is 3.46. The molecule has 2 heterocycles. The average molecular weight is 237 g/mol. The zero-order chi connectivity index (χ0) is 12.4. The number of aryl methyl sites for hydroxylation is 1.